The van der Waals surface area contributed by atoms with E-state index in [0.29, 0.717) is 31.2 Å². The third kappa shape index (κ3) is 4.93. The average molecular weight is 466 g/mol. The molecule has 1 fully saturated rings. The summed E-state index contributed by atoms with van der Waals surface area (Å²) < 4.78 is 14.0. The van der Waals surface area contributed by atoms with Gasteiger partial charge in [-0.1, -0.05) is 54.6 Å². The number of likely N-dealkylation sites (tertiary alicyclic amines) is 1. The van der Waals surface area contributed by atoms with Crippen molar-refractivity contribution in [2.24, 2.45) is 11.7 Å². The molecule has 172 valence electrons. The van der Waals surface area contributed by atoms with Gasteiger partial charge in [-0.3, -0.25) is 0 Å². The summed E-state index contributed by atoms with van der Waals surface area (Å²) in [7, 11) is 0. The Morgan fingerprint density at radius 1 is 1.21 bits per heavy atom. The highest BCUT2D eigenvalue weighted by Crippen LogP contribution is 2.36. The average Bonchev–Trinajstić information content (AvgIpc) is 2.81. The normalized spacial score (nSPS) is 19.3. The van der Waals surface area contributed by atoms with Crippen LogP contribution in [0.2, 0.25) is 0 Å². The lowest BCUT2D eigenvalue weighted by molar-refractivity contribution is 0.102. The standard InChI is InChI=1S/C26H28FN3O2S/c1-17(22-11-5-7-18-6-2-3-10-23(18)22)30(26(31)32)15-20-12-13-29(25(28)33)16-24(20)19-8-4-9-21(27)14-19/h2-11,14,17,20,24H,12-13,15-16H2,1H3,(H2,28,33)(H,31,32)/t17-,20?,24?/m1/s1. The number of amides is 1. The molecule has 0 saturated carbocycles. The van der Waals surface area contributed by atoms with E-state index in [9.17, 15) is 14.3 Å². The van der Waals surface area contributed by atoms with E-state index in [1.54, 1.807) is 6.07 Å². The number of nitrogens with two attached hydrogens (primary N) is 1. The summed E-state index contributed by atoms with van der Waals surface area (Å²) in [5, 5.41) is 12.6. The van der Waals surface area contributed by atoms with Gasteiger partial charge >= 0.3 is 6.09 Å². The largest absolute Gasteiger partial charge is 0.465 e. The summed E-state index contributed by atoms with van der Waals surface area (Å²) in [5.41, 5.74) is 7.70. The van der Waals surface area contributed by atoms with Crippen molar-refractivity contribution in [3.63, 3.8) is 0 Å². The van der Waals surface area contributed by atoms with E-state index in [0.717, 1.165) is 21.9 Å². The maximum atomic E-state index is 14.0. The molecule has 4 rings (SSSR count). The molecular weight excluding hydrogens is 437 g/mol. The zero-order valence-electron chi connectivity index (χ0n) is 18.5. The second kappa shape index (κ2) is 9.75. The van der Waals surface area contributed by atoms with Crippen LogP contribution in [0.15, 0.2) is 66.7 Å². The van der Waals surface area contributed by atoms with Crippen LogP contribution >= 0.6 is 12.2 Å². The molecule has 0 bridgehead atoms. The molecule has 0 aromatic heterocycles. The number of nitrogens with zero attached hydrogens (tertiary/aromatic N) is 2. The van der Waals surface area contributed by atoms with E-state index >= 15 is 0 Å². The van der Waals surface area contributed by atoms with E-state index in [1.807, 2.05) is 60.4 Å². The van der Waals surface area contributed by atoms with Gasteiger partial charge in [-0.05, 0) is 65.5 Å². The van der Waals surface area contributed by atoms with Gasteiger partial charge in [0, 0.05) is 25.6 Å². The first-order valence-corrected chi connectivity index (χ1v) is 11.5. The van der Waals surface area contributed by atoms with Crippen molar-refractivity contribution in [3.05, 3.63) is 83.7 Å². The molecule has 3 aromatic carbocycles. The molecule has 1 aliphatic rings. The molecule has 3 aromatic rings. The molecule has 7 heteroatoms. The van der Waals surface area contributed by atoms with Crippen LogP contribution in [-0.2, 0) is 0 Å². The van der Waals surface area contributed by atoms with Crippen molar-refractivity contribution < 1.29 is 14.3 Å². The minimum absolute atomic E-state index is 0.00549. The minimum atomic E-state index is -0.967. The molecule has 2 unspecified atom stereocenters. The monoisotopic (exact) mass is 465 g/mol. The van der Waals surface area contributed by atoms with Crippen LogP contribution in [-0.4, -0.2) is 45.7 Å². The van der Waals surface area contributed by atoms with Crippen molar-refractivity contribution in [1.82, 2.24) is 9.80 Å². The molecule has 0 radical (unpaired) electrons. The van der Waals surface area contributed by atoms with E-state index in [2.05, 4.69) is 0 Å². The van der Waals surface area contributed by atoms with Gasteiger partial charge in [-0.25, -0.2) is 9.18 Å². The molecule has 0 aliphatic carbocycles. The van der Waals surface area contributed by atoms with Crippen molar-refractivity contribution in [2.45, 2.75) is 25.3 Å². The first kappa shape index (κ1) is 23.0. The second-order valence-electron chi connectivity index (χ2n) is 8.67. The SMILES string of the molecule is C[C@H](c1cccc2ccccc12)N(CC1CCN(C(N)=S)CC1c1cccc(F)c1)C(=O)O. The second-order valence-corrected chi connectivity index (χ2v) is 9.09. The van der Waals surface area contributed by atoms with Gasteiger partial charge in [0.25, 0.3) is 0 Å². The molecule has 1 aliphatic heterocycles. The predicted molar refractivity (Wildman–Crippen MR) is 133 cm³/mol. The van der Waals surface area contributed by atoms with E-state index in [4.69, 9.17) is 18.0 Å². The Morgan fingerprint density at radius 3 is 2.67 bits per heavy atom. The number of benzene rings is 3. The highest BCUT2D eigenvalue weighted by Gasteiger charge is 2.35. The van der Waals surface area contributed by atoms with E-state index < -0.39 is 6.09 Å². The van der Waals surface area contributed by atoms with Gasteiger partial charge < -0.3 is 20.6 Å². The lowest BCUT2D eigenvalue weighted by Crippen LogP contribution is -2.48. The molecule has 1 saturated heterocycles. The zero-order chi connectivity index (χ0) is 23.5. The highest BCUT2D eigenvalue weighted by atomic mass is 32.1. The number of halogens is 1. The van der Waals surface area contributed by atoms with Gasteiger partial charge in [0.2, 0.25) is 0 Å². The lowest BCUT2D eigenvalue weighted by atomic mass is 9.80. The number of piperidine rings is 1. The maximum absolute atomic E-state index is 14.0. The third-order valence-corrected chi connectivity index (χ3v) is 7.02. The van der Waals surface area contributed by atoms with Crippen LogP contribution in [0.5, 0.6) is 0 Å². The quantitative estimate of drug-likeness (QED) is 0.496. The number of hydrogen-bond donors (Lipinski definition) is 2. The Balaban J connectivity index is 1.65. The summed E-state index contributed by atoms with van der Waals surface area (Å²) in [6.07, 6.45) is -0.255. The first-order valence-electron chi connectivity index (χ1n) is 11.1. The smallest absolute Gasteiger partial charge is 0.407 e. The zero-order valence-corrected chi connectivity index (χ0v) is 19.3. The maximum Gasteiger partial charge on any atom is 0.407 e. The molecule has 3 atom stereocenters. The van der Waals surface area contributed by atoms with E-state index in [-0.39, 0.29) is 23.7 Å². The molecule has 1 amide bonds. The van der Waals surface area contributed by atoms with Gasteiger partial charge in [-0.15, -0.1) is 0 Å². The fraction of sp³-hybridized carbons (Fsp3) is 0.308. The van der Waals surface area contributed by atoms with E-state index in [1.165, 1.54) is 17.0 Å². The number of thiocarbonyl (C=S) groups is 1. The lowest BCUT2D eigenvalue weighted by Gasteiger charge is -2.42. The molecule has 1 heterocycles. The number of rotatable bonds is 5. The summed E-state index contributed by atoms with van der Waals surface area (Å²) >= 11 is 5.19. The van der Waals surface area contributed by atoms with Crippen LogP contribution < -0.4 is 5.73 Å². The Labute approximate surface area is 198 Å². The van der Waals surface area contributed by atoms with Crippen molar-refractivity contribution in [1.29, 1.82) is 0 Å². The van der Waals surface area contributed by atoms with Crippen molar-refractivity contribution in [2.75, 3.05) is 19.6 Å². The molecule has 5 nitrogen and oxygen atoms in total. The predicted octanol–water partition coefficient (Wildman–Crippen LogP) is 5.37. The number of fused-ring (bicyclic) bond motifs is 1. The highest BCUT2D eigenvalue weighted by molar-refractivity contribution is 7.80. The van der Waals surface area contributed by atoms with Gasteiger partial charge in [-0.2, -0.15) is 0 Å². The summed E-state index contributed by atoms with van der Waals surface area (Å²) in [4.78, 5) is 15.8. The Kier molecular flexibility index (Phi) is 6.79. The van der Waals surface area contributed by atoms with Crippen LogP contribution in [0.3, 0.4) is 0 Å². The number of carboxylic acid groups (broad SMARTS) is 1. The number of hydrogen-bond acceptors (Lipinski definition) is 2. The topological polar surface area (TPSA) is 69.8 Å². The molecular formula is C26H28FN3O2S. The Hall–Kier alpha value is -3.19. The number of carbonyl (C=O) groups is 1. The van der Waals surface area contributed by atoms with Crippen molar-refractivity contribution in [3.8, 4) is 0 Å². The Morgan fingerprint density at radius 2 is 1.94 bits per heavy atom. The Bertz CT molecular complexity index is 1170. The summed E-state index contributed by atoms with van der Waals surface area (Å²) in [5.74, 6) is -0.388. The fourth-order valence-corrected chi connectivity index (χ4v) is 5.14. The summed E-state index contributed by atoms with van der Waals surface area (Å²) in [6, 6.07) is 20.2. The van der Waals surface area contributed by atoms with Gasteiger partial charge in [0.15, 0.2) is 5.11 Å². The molecule has 3 N–H and O–H groups in total. The first-order chi connectivity index (χ1) is 15.8. The third-order valence-electron chi connectivity index (χ3n) is 6.76. The van der Waals surface area contributed by atoms with Crippen LogP contribution in [0.25, 0.3) is 10.8 Å². The summed E-state index contributed by atoms with van der Waals surface area (Å²) in [6.45, 7) is 3.46. The minimum Gasteiger partial charge on any atom is -0.465 e. The fourth-order valence-electron chi connectivity index (χ4n) is 4.97. The van der Waals surface area contributed by atoms with Gasteiger partial charge in [0.05, 0.1) is 6.04 Å². The van der Waals surface area contributed by atoms with Crippen LogP contribution in [0.1, 0.15) is 36.4 Å². The van der Waals surface area contributed by atoms with Crippen molar-refractivity contribution >= 4 is 34.2 Å². The molecule has 0 spiro atoms. The van der Waals surface area contributed by atoms with Crippen LogP contribution in [0.4, 0.5) is 9.18 Å². The van der Waals surface area contributed by atoms with Crippen LogP contribution in [0, 0.1) is 11.7 Å². The van der Waals surface area contributed by atoms with Gasteiger partial charge in [0.1, 0.15) is 5.82 Å². The molecule has 33 heavy (non-hydrogen) atoms.